The van der Waals surface area contributed by atoms with Gasteiger partial charge in [-0.3, -0.25) is 4.79 Å². The smallest absolute Gasteiger partial charge is 0.343 e. The number of aliphatic hydroxyl groups excluding tert-OH is 4. The van der Waals surface area contributed by atoms with Crippen molar-refractivity contribution in [2.75, 3.05) is 0 Å². The van der Waals surface area contributed by atoms with Gasteiger partial charge in [-0.05, 0) is 24.3 Å². The van der Waals surface area contributed by atoms with E-state index in [2.05, 4.69) is 0 Å². The minimum Gasteiger partial charge on any atom is -0.508 e. The first-order chi connectivity index (χ1) is 15.6. The first kappa shape index (κ1) is 22.5. The Balaban J connectivity index is 1.79. The molecule has 1 aliphatic rings. The Bertz CT molecular complexity index is 1260. The second-order valence-corrected chi connectivity index (χ2v) is 7.31. The van der Waals surface area contributed by atoms with Gasteiger partial charge in [0.1, 0.15) is 41.0 Å². The molecule has 5 atom stereocenters. The van der Waals surface area contributed by atoms with Crippen LogP contribution in [-0.2, 0) is 9.53 Å². The van der Waals surface area contributed by atoms with Crippen molar-refractivity contribution >= 4 is 16.9 Å². The maximum absolute atomic E-state index is 12.6. The summed E-state index contributed by atoms with van der Waals surface area (Å²) in [7, 11) is 0. The Morgan fingerprint density at radius 3 is 2.21 bits per heavy atom. The number of rotatable bonds is 3. The number of aliphatic hydroxyl groups is 4. The summed E-state index contributed by atoms with van der Waals surface area (Å²) in [5.74, 6) is -3.71. The molecular weight excluding hydrogens is 444 g/mol. The molecule has 33 heavy (non-hydrogen) atoms. The Hall–Kier alpha value is -3.68. The van der Waals surface area contributed by atoms with Gasteiger partial charge in [-0.25, -0.2) is 4.79 Å². The highest BCUT2D eigenvalue weighted by Crippen LogP contribution is 2.41. The minimum absolute atomic E-state index is 0.0488. The van der Waals surface area contributed by atoms with Gasteiger partial charge in [0, 0.05) is 17.7 Å². The van der Waals surface area contributed by atoms with Crippen LogP contribution in [0.4, 0.5) is 0 Å². The molecule has 0 aliphatic carbocycles. The van der Waals surface area contributed by atoms with E-state index in [1.54, 1.807) is 0 Å². The number of hydrogen-bond donors (Lipinski definition) is 7. The molecule has 0 spiro atoms. The predicted molar refractivity (Wildman–Crippen MR) is 107 cm³/mol. The van der Waals surface area contributed by atoms with Gasteiger partial charge in [-0.2, -0.15) is 0 Å². The van der Waals surface area contributed by atoms with Crippen LogP contribution < -0.4 is 10.2 Å². The van der Waals surface area contributed by atoms with E-state index in [0.29, 0.717) is 5.56 Å². The molecule has 1 saturated heterocycles. The molecular formula is C21H18O12. The lowest BCUT2D eigenvalue weighted by Gasteiger charge is -2.36. The van der Waals surface area contributed by atoms with Crippen LogP contribution in [0.5, 0.6) is 23.0 Å². The maximum Gasteiger partial charge on any atom is 0.343 e. The second kappa shape index (κ2) is 8.35. The van der Waals surface area contributed by atoms with E-state index in [9.17, 15) is 45.3 Å². The zero-order valence-electron chi connectivity index (χ0n) is 16.5. The van der Waals surface area contributed by atoms with Crippen LogP contribution in [0, 0.1) is 0 Å². The van der Waals surface area contributed by atoms with Crippen molar-refractivity contribution in [2.24, 2.45) is 0 Å². The highest BCUT2D eigenvalue weighted by atomic mass is 16.7. The number of esters is 1. The molecule has 7 N–H and O–H groups in total. The van der Waals surface area contributed by atoms with Gasteiger partial charge in [0.05, 0.1) is 0 Å². The summed E-state index contributed by atoms with van der Waals surface area (Å²) < 4.78 is 15.5. The lowest BCUT2D eigenvalue weighted by Crippen LogP contribution is -2.60. The summed E-state index contributed by atoms with van der Waals surface area (Å²) in [4.78, 5) is 25.2. The third kappa shape index (κ3) is 3.97. The second-order valence-electron chi connectivity index (χ2n) is 7.31. The topological polar surface area (TPSA) is 207 Å². The molecule has 1 aliphatic heterocycles. The summed E-state index contributed by atoms with van der Waals surface area (Å²) in [6, 6.07) is 7.27. The molecule has 2 aromatic carbocycles. The van der Waals surface area contributed by atoms with Crippen LogP contribution in [0.2, 0.25) is 0 Å². The van der Waals surface area contributed by atoms with E-state index in [-0.39, 0.29) is 11.5 Å². The Kier molecular flexibility index (Phi) is 5.69. The molecule has 4 rings (SSSR count). The van der Waals surface area contributed by atoms with Gasteiger partial charge in [0.2, 0.25) is 5.75 Å². The van der Waals surface area contributed by atoms with E-state index >= 15 is 0 Å². The van der Waals surface area contributed by atoms with Crippen LogP contribution in [0.25, 0.3) is 22.3 Å². The molecule has 0 amide bonds. The molecule has 1 aromatic heterocycles. The Morgan fingerprint density at radius 2 is 1.55 bits per heavy atom. The molecule has 12 nitrogen and oxygen atoms in total. The highest BCUT2D eigenvalue weighted by Gasteiger charge is 2.47. The molecule has 1 fully saturated rings. The monoisotopic (exact) mass is 462 g/mol. The minimum atomic E-state index is -2.02. The largest absolute Gasteiger partial charge is 0.508 e. The van der Waals surface area contributed by atoms with E-state index in [0.717, 1.165) is 12.1 Å². The predicted octanol–water partition coefficient (Wildman–Crippen LogP) is -0.718. The van der Waals surface area contributed by atoms with Crippen LogP contribution in [0.3, 0.4) is 0 Å². The molecule has 0 radical (unpaired) electrons. The average molecular weight is 462 g/mol. The highest BCUT2D eigenvalue weighted by molar-refractivity contribution is 5.94. The molecule has 12 heteroatoms. The van der Waals surface area contributed by atoms with Crippen LogP contribution >= 0.6 is 0 Å². The van der Waals surface area contributed by atoms with E-state index in [4.69, 9.17) is 13.9 Å². The fraction of sp³-hybridized carbons (Fsp3) is 0.238. The van der Waals surface area contributed by atoms with Crippen molar-refractivity contribution in [3.05, 3.63) is 46.6 Å². The summed E-state index contributed by atoms with van der Waals surface area (Å²) in [6.45, 7) is 0. The summed E-state index contributed by atoms with van der Waals surface area (Å²) >= 11 is 0. The maximum atomic E-state index is 12.6. The van der Waals surface area contributed by atoms with Gasteiger partial charge in [-0.15, -0.1) is 0 Å². The third-order valence-electron chi connectivity index (χ3n) is 5.09. The number of carbonyl (C=O) groups excluding carboxylic acids is 1. The zero-order chi connectivity index (χ0) is 24.0. The van der Waals surface area contributed by atoms with Gasteiger partial charge in [0.15, 0.2) is 29.2 Å². The van der Waals surface area contributed by atoms with Crippen molar-refractivity contribution in [1.29, 1.82) is 0 Å². The van der Waals surface area contributed by atoms with Crippen LogP contribution in [0.15, 0.2) is 45.6 Å². The summed E-state index contributed by atoms with van der Waals surface area (Å²) in [5, 5.41) is 68.4. The fourth-order valence-corrected chi connectivity index (χ4v) is 3.36. The van der Waals surface area contributed by atoms with E-state index < -0.39 is 70.3 Å². The van der Waals surface area contributed by atoms with Crippen molar-refractivity contribution < 1.29 is 54.4 Å². The van der Waals surface area contributed by atoms with Crippen molar-refractivity contribution in [2.45, 2.75) is 30.7 Å². The average Bonchev–Trinajstić information content (AvgIpc) is 2.77. The Labute approximate surface area is 183 Å². The van der Waals surface area contributed by atoms with Crippen LogP contribution in [0.1, 0.15) is 0 Å². The number of ether oxygens (including phenoxy) is 2. The lowest BCUT2D eigenvalue weighted by molar-refractivity contribution is -0.279. The van der Waals surface area contributed by atoms with Crippen molar-refractivity contribution in [3.8, 4) is 34.3 Å². The molecule has 0 bridgehead atoms. The van der Waals surface area contributed by atoms with Crippen molar-refractivity contribution in [3.63, 3.8) is 0 Å². The Morgan fingerprint density at radius 1 is 0.879 bits per heavy atom. The number of hydrogen-bond acceptors (Lipinski definition) is 12. The SMILES string of the molecule is O=C(Oc1c(O)cc(O)c2c(=O)cc(-c3ccc(O)cc3)oc12)[C@H]1O[C@H](O)[C@H](O)[C@@H](O)[C@@H]1O. The first-order valence-electron chi connectivity index (χ1n) is 9.50. The van der Waals surface area contributed by atoms with Crippen LogP contribution in [-0.4, -0.2) is 72.4 Å². The first-order valence-corrected chi connectivity index (χ1v) is 9.50. The summed E-state index contributed by atoms with van der Waals surface area (Å²) in [6.07, 6.45) is -9.84. The number of aromatic hydroxyl groups is 3. The quantitative estimate of drug-likeness (QED) is 0.190. The lowest BCUT2D eigenvalue weighted by atomic mass is 9.99. The fourth-order valence-electron chi connectivity index (χ4n) is 3.36. The number of phenols is 3. The van der Waals surface area contributed by atoms with Gasteiger partial charge in [-0.1, -0.05) is 0 Å². The molecule has 0 saturated carbocycles. The molecule has 174 valence electrons. The van der Waals surface area contributed by atoms with Gasteiger partial charge < -0.3 is 49.6 Å². The number of carbonyl (C=O) groups is 1. The zero-order valence-corrected chi connectivity index (χ0v) is 16.5. The summed E-state index contributed by atoms with van der Waals surface area (Å²) in [5.41, 5.74) is -0.946. The normalized spacial score (nSPS) is 25.2. The van der Waals surface area contributed by atoms with Gasteiger partial charge in [0.25, 0.3) is 0 Å². The third-order valence-corrected chi connectivity index (χ3v) is 5.09. The molecule has 3 aromatic rings. The molecule has 2 heterocycles. The standard InChI is InChI=1S/C21H18O12/c22-8-3-1-7(2-4-8)12-6-10(24)13-9(23)5-11(25)17(18(13)31-12)32-21(30)19-15(27)14(26)16(28)20(29)33-19/h1-6,14-16,19-20,22-23,25-29H/t14-,15-,16+,19-,20-/m0/s1. The number of phenolic OH excluding ortho intramolecular Hbond substituents is 3. The number of fused-ring (bicyclic) bond motifs is 1. The molecule has 0 unspecified atom stereocenters. The number of benzene rings is 2. The van der Waals surface area contributed by atoms with Gasteiger partial charge >= 0.3 is 5.97 Å². The van der Waals surface area contributed by atoms with Crippen molar-refractivity contribution in [1.82, 2.24) is 0 Å². The van der Waals surface area contributed by atoms with E-state index in [1.807, 2.05) is 0 Å². The van der Waals surface area contributed by atoms with E-state index in [1.165, 1.54) is 24.3 Å².